The first kappa shape index (κ1) is 20.9. The van der Waals surface area contributed by atoms with Crippen LogP contribution in [0.15, 0.2) is 30.6 Å². The first-order valence-corrected chi connectivity index (χ1v) is 10.0. The van der Waals surface area contributed by atoms with Gasteiger partial charge in [-0.1, -0.05) is 19.9 Å². The molecule has 1 aliphatic rings. The van der Waals surface area contributed by atoms with Crippen LogP contribution in [0.4, 0.5) is 4.39 Å². The van der Waals surface area contributed by atoms with Crippen LogP contribution < -0.4 is 11.6 Å². The second-order valence-corrected chi connectivity index (χ2v) is 7.89. The van der Waals surface area contributed by atoms with E-state index in [4.69, 9.17) is 11.6 Å². The summed E-state index contributed by atoms with van der Waals surface area (Å²) in [5, 5.41) is 2.31. The molecule has 2 heterocycles. The van der Waals surface area contributed by atoms with E-state index in [1.54, 1.807) is 4.90 Å². The highest BCUT2D eigenvalue weighted by Crippen LogP contribution is 2.34. The number of nitrogens with two attached hydrogens (primary N) is 2. The predicted molar refractivity (Wildman–Crippen MR) is 115 cm³/mol. The lowest BCUT2D eigenvalue weighted by atomic mass is 9.92. The first-order valence-electron chi connectivity index (χ1n) is 10.0. The zero-order valence-corrected chi connectivity index (χ0v) is 17.3. The molecular weight excluding hydrogens is 369 g/mol. The van der Waals surface area contributed by atoms with E-state index < -0.39 is 0 Å². The van der Waals surface area contributed by atoms with Crippen molar-refractivity contribution in [1.29, 1.82) is 0 Å². The molecule has 0 saturated carbocycles. The number of halogens is 1. The topological polar surface area (TPSA) is 91.4 Å². The standard InChI is InChI=1S/C22H30FN5O/c1-14(2)17-12-18(21(23)22-19(17)11-15(3)26-22)16-5-4-8-27(13-16)20(29)6-9-28(25)10-7-24/h5,7,10-12,14,26H,4,6,8-9,13,24-25H2,1-3H3/b10-7-. The molecule has 3 rings (SSSR count). The third-order valence-corrected chi connectivity index (χ3v) is 5.35. The maximum atomic E-state index is 15.4. The molecule has 5 N–H and O–H groups in total. The zero-order chi connectivity index (χ0) is 21.1. The average molecular weight is 400 g/mol. The van der Waals surface area contributed by atoms with Gasteiger partial charge < -0.3 is 20.6 Å². The van der Waals surface area contributed by atoms with Crippen LogP contribution in [0.2, 0.25) is 0 Å². The predicted octanol–water partition coefficient (Wildman–Crippen LogP) is 3.35. The van der Waals surface area contributed by atoms with Gasteiger partial charge in [-0.15, -0.1) is 0 Å². The average Bonchev–Trinajstić information content (AvgIpc) is 3.08. The molecule has 156 valence electrons. The molecule has 0 aliphatic carbocycles. The summed E-state index contributed by atoms with van der Waals surface area (Å²) in [6.45, 7) is 7.56. The number of aromatic nitrogens is 1. The van der Waals surface area contributed by atoms with Gasteiger partial charge in [0.1, 0.15) is 0 Å². The maximum absolute atomic E-state index is 15.4. The van der Waals surface area contributed by atoms with Gasteiger partial charge in [0.25, 0.3) is 0 Å². The van der Waals surface area contributed by atoms with Crippen LogP contribution in [-0.2, 0) is 4.79 Å². The van der Waals surface area contributed by atoms with Gasteiger partial charge in [0, 0.05) is 55.1 Å². The lowest BCUT2D eigenvalue weighted by molar-refractivity contribution is -0.130. The highest BCUT2D eigenvalue weighted by atomic mass is 19.1. The molecule has 1 amide bonds. The number of nitrogens with zero attached hydrogens (tertiary/aromatic N) is 2. The van der Waals surface area contributed by atoms with E-state index in [0.29, 0.717) is 37.1 Å². The maximum Gasteiger partial charge on any atom is 0.224 e. The van der Waals surface area contributed by atoms with E-state index in [1.165, 1.54) is 17.4 Å². The molecule has 0 atom stereocenters. The summed E-state index contributed by atoms with van der Waals surface area (Å²) >= 11 is 0. The van der Waals surface area contributed by atoms with Crippen molar-refractivity contribution in [3.05, 3.63) is 53.2 Å². The number of aromatic amines is 1. The Balaban J connectivity index is 1.85. The van der Waals surface area contributed by atoms with Gasteiger partial charge in [-0.3, -0.25) is 4.79 Å². The number of hydrogen-bond acceptors (Lipinski definition) is 4. The second kappa shape index (κ2) is 8.69. The number of aryl methyl sites for hydroxylation is 1. The van der Waals surface area contributed by atoms with Crippen LogP contribution in [-0.4, -0.2) is 40.4 Å². The van der Waals surface area contributed by atoms with E-state index in [0.717, 1.165) is 22.2 Å². The minimum absolute atomic E-state index is 0.00208. The Hall–Kier alpha value is -2.80. The zero-order valence-electron chi connectivity index (χ0n) is 17.3. The van der Waals surface area contributed by atoms with Crippen molar-refractivity contribution in [2.45, 2.75) is 39.5 Å². The summed E-state index contributed by atoms with van der Waals surface area (Å²) in [5.74, 6) is 5.74. The van der Waals surface area contributed by atoms with Crippen molar-refractivity contribution in [2.75, 3.05) is 19.6 Å². The van der Waals surface area contributed by atoms with Crippen LogP contribution in [0.1, 0.15) is 49.4 Å². The number of benzene rings is 1. The SMILES string of the molecule is Cc1cc2c(C(C)C)cc(C3=CCCN(C(=O)CCN(N)/C=C\N)C3)c(F)c2[nH]1. The van der Waals surface area contributed by atoms with Crippen LogP contribution in [0.3, 0.4) is 0 Å². The van der Waals surface area contributed by atoms with Crippen LogP contribution in [0, 0.1) is 12.7 Å². The number of nitrogens with one attached hydrogen (secondary N) is 1. The van der Waals surface area contributed by atoms with E-state index in [1.807, 2.05) is 25.1 Å². The van der Waals surface area contributed by atoms with Gasteiger partial charge in [0.15, 0.2) is 5.82 Å². The molecule has 1 aromatic heterocycles. The Labute approximate surface area is 171 Å². The van der Waals surface area contributed by atoms with Crippen LogP contribution in [0.5, 0.6) is 0 Å². The van der Waals surface area contributed by atoms with Crippen molar-refractivity contribution in [1.82, 2.24) is 14.9 Å². The highest BCUT2D eigenvalue weighted by molar-refractivity contribution is 5.90. The van der Waals surface area contributed by atoms with Crippen molar-refractivity contribution >= 4 is 22.4 Å². The third-order valence-electron chi connectivity index (χ3n) is 5.35. The van der Waals surface area contributed by atoms with Gasteiger partial charge in [-0.2, -0.15) is 0 Å². The van der Waals surface area contributed by atoms with E-state index in [-0.39, 0.29) is 24.1 Å². The fourth-order valence-electron chi connectivity index (χ4n) is 3.85. The smallest absolute Gasteiger partial charge is 0.224 e. The minimum atomic E-state index is -0.251. The summed E-state index contributed by atoms with van der Waals surface area (Å²) < 4.78 is 15.4. The summed E-state index contributed by atoms with van der Waals surface area (Å²) in [6, 6.07) is 3.94. The van der Waals surface area contributed by atoms with E-state index in [2.05, 4.69) is 18.8 Å². The number of carbonyl (C=O) groups is 1. The third kappa shape index (κ3) is 4.45. The first-order chi connectivity index (χ1) is 13.8. The Kier molecular flexibility index (Phi) is 6.27. The number of hydrazine groups is 1. The summed E-state index contributed by atoms with van der Waals surface area (Å²) in [5.41, 5.74) is 9.32. The van der Waals surface area contributed by atoms with Crippen molar-refractivity contribution in [2.24, 2.45) is 11.6 Å². The van der Waals surface area contributed by atoms with Crippen LogP contribution in [0.25, 0.3) is 16.5 Å². The number of hydrogen-bond donors (Lipinski definition) is 3. The highest BCUT2D eigenvalue weighted by Gasteiger charge is 2.23. The summed E-state index contributed by atoms with van der Waals surface area (Å²) in [6.07, 6.45) is 5.88. The second-order valence-electron chi connectivity index (χ2n) is 7.89. The van der Waals surface area contributed by atoms with Gasteiger partial charge in [0.2, 0.25) is 5.91 Å². The number of carbonyl (C=O) groups excluding carboxylic acids is 1. The van der Waals surface area contributed by atoms with E-state index in [9.17, 15) is 4.79 Å². The van der Waals surface area contributed by atoms with Crippen molar-refractivity contribution < 1.29 is 9.18 Å². The molecule has 7 heteroatoms. The van der Waals surface area contributed by atoms with Gasteiger partial charge in [0.05, 0.1) is 5.52 Å². The molecule has 6 nitrogen and oxygen atoms in total. The lowest BCUT2D eigenvalue weighted by Crippen LogP contribution is -2.38. The number of amides is 1. The summed E-state index contributed by atoms with van der Waals surface area (Å²) in [7, 11) is 0. The van der Waals surface area contributed by atoms with E-state index >= 15 is 4.39 Å². The Morgan fingerprint density at radius 2 is 2.17 bits per heavy atom. The van der Waals surface area contributed by atoms with Crippen molar-refractivity contribution in [3.63, 3.8) is 0 Å². The van der Waals surface area contributed by atoms with Crippen LogP contribution >= 0.6 is 0 Å². The number of rotatable bonds is 6. The largest absolute Gasteiger partial charge is 0.403 e. The molecule has 0 unspecified atom stereocenters. The number of H-pyrrole nitrogens is 1. The Morgan fingerprint density at radius 1 is 1.41 bits per heavy atom. The Morgan fingerprint density at radius 3 is 2.86 bits per heavy atom. The molecule has 1 aromatic carbocycles. The lowest BCUT2D eigenvalue weighted by Gasteiger charge is -2.29. The molecule has 0 saturated heterocycles. The molecular formula is C22H30FN5O. The van der Waals surface area contributed by atoms with Gasteiger partial charge in [-0.25, -0.2) is 10.2 Å². The minimum Gasteiger partial charge on any atom is -0.403 e. The Bertz CT molecular complexity index is 960. The molecule has 2 aromatic rings. The molecule has 29 heavy (non-hydrogen) atoms. The molecule has 1 aliphatic heterocycles. The molecule has 0 spiro atoms. The normalized spacial score (nSPS) is 14.8. The molecule has 0 radical (unpaired) electrons. The fraction of sp³-hybridized carbons (Fsp3) is 0.409. The monoisotopic (exact) mass is 399 g/mol. The molecule has 0 fully saturated rings. The quantitative estimate of drug-likeness (QED) is 0.513. The van der Waals surface area contributed by atoms with Crippen molar-refractivity contribution in [3.8, 4) is 0 Å². The van der Waals surface area contributed by atoms with Gasteiger partial charge in [-0.05, 0) is 42.5 Å². The number of fused-ring (bicyclic) bond motifs is 1. The van der Waals surface area contributed by atoms with Gasteiger partial charge >= 0.3 is 0 Å². The summed E-state index contributed by atoms with van der Waals surface area (Å²) in [4.78, 5) is 17.6. The molecule has 0 bridgehead atoms. The fourth-order valence-corrected chi connectivity index (χ4v) is 3.85.